The fourth-order valence-electron chi connectivity index (χ4n) is 2.32. The zero-order valence-corrected chi connectivity index (χ0v) is 14.5. The zero-order valence-electron chi connectivity index (χ0n) is 13.0. The van der Waals surface area contributed by atoms with E-state index in [9.17, 15) is 19.7 Å². The van der Waals surface area contributed by atoms with Gasteiger partial charge < -0.3 is 5.32 Å². The van der Waals surface area contributed by atoms with Gasteiger partial charge in [-0.05, 0) is 18.2 Å². The summed E-state index contributed by atoms with van der Waals surface area (Å²) >= 11 is 11.9. The van der Waals surface area contributed by atoms with Crippen LogP contribution < -0.4 is 10.9 Å². The quantitative estimate of drug-likeness (QED) is 0.541. The normalized spacial score (nSPS) is 10.7. The molecular weight excluding hydrogens is 383 g/mol. The highest BCUT2D eigenvalue weighted by Gasteiger charge is 2.13. The molecule has 0 bridgehead atoms. The molecule has 3 rings (SSSR count). The van der Waals surface area contributed by atoms with E-state index in [-0.39, 0.29) is 33.2 Å². The zero-order chi connectivity index (χ0) is 18.8. The second-order valence-corrected chi connectivity index (χ2v) is 6.07. The Morgan fingerprint density at radius 1 is 1.27 bits per heavy atom. The van der Waals surface area contributed by atoms with Gasteiger partial charge >= 0.3 is 0 Å². The monoisotopic (exact) mass is 392 g/mol. The molecule has 0 atom stereocenters. The average molecular weight is 393 g/mol. The number of nitro benzene ring substituents is 1. The van der Waals surface area contributed by atoms with Crippen molar-refractivity contribution in [1.82, 2.24) is 9.55 Å². The molecule has 26 heavy (non-hydrogen) atoms. The van der Waals surface area contributed by atoms with E-state index in [1.807, 2.05) is 0 Å². The lowest BCUT2D eigenvalue weighted by atomic mass is 10.2. The van der Waals surface area contributed by atoms with Crippen molar-refractivity contribution >= 4 is 51.4 Å². The van der Waals surface area contributed by atoms with Crippen LogP contribution in [0, 0.1) is 10.1 Å². The van der Waals surface area contributed by atoms with Crippen LogP contribution in [0.2, 0.25) is 10.0 Å². The van der Waals surface area contributed by atoms with Gasteiger partial charge in [0.1, 0.15) is 6.54 Å². The SMILES string of the molecule is O=C(Cn1cnc2cc([N+](=O)[O-])ccc2c1=O)Nc1cccc(Cl)c1Cl. The van der Waals surface area contributed by atoms with E-state index in [1.165, 1.54) is 18.2 Å². The number of carbonyl (C=O) groups excluding carboxylic acids is 1. The fraction of sp³-hybridized carbons (Fsp3) is 0.0625. The molecule has 1 heterocycles. The van der Waals surface area contributed by atoms with Gasteiger partial charge in [0, 0.05) is 12.1 Å². The predicted molar refractivity (Wildman–Crippen MR) is 97.7 cm³/mol. The number of halogens is 2. The van der Waals surface area contributed by atoms with Gasteiger partial charge in [0.25, 0.3) is 11.2 Å². The molecule has 0 aliphatic heterocycles. The number of amides is 1. The number of carbonyl (C=O) groups is 1. The third-order valence-electron chi connectivity index (χ3n) is 3.56. The van der Waals surface area contributed by atoms with Crippen molar-refractivity contribution in [1.29, 1.82) is 0 Å². The highest BCUT2D eigenvalue weighted by atomic mass is 35.5. The van der Waals surface area contributed by atoms with Crippen LogP contribution in [0.4, 0.5) is 11.4 Å². The second kappa shape index (κ2) is 7.11. The maximum atomic E-state index is 12.4. The van der Waals surface area contributed by atoms with Crippen molar-refractivity contribution < 1.29 is 9.72 Å². The van der Waals surface area contributed by atoms with E-state index < -0.39 is 16.4 Å². The second-order valence-electron chi connectivity index (χ2n) is 5.29. The molecule has 0 spiro atoms. The third-order valence-corrected chi connectivity index (χ3v) is 4.38. The summed E-state index contributed by atoms with van der Waals surface area (Å²) in [5, 5.41) is 14.0. The lowest BCUT2D eigenvalue weighted by Crippen LogP contribution is -2.28. The summed E-state index contributed by atoms with van der Waals surface area (Å²) in [6.07, 6.45) is 1.16. The van der Waals surface area contributed by atoms with Gasteiger partial charge in [0.15, 0.2) is 0 Å². The molecule has 2 aromatic carbocycles. The van der Waals surface area contributed by atoms with Crippen LogP contribution in [-0.2, 0) is 11.3 Å². The van der Waals surface area contributed by atoms with Crippen LogP contribution in [0.3, 0.4) is 0 Å². The summed E-state index contributed by atoms with van der Waals surface area (Å²) in [6.45, 7) is -0.304. The average Bonchev–Trinajstić information content (AvgIpc) is 2.61. The number of fused-ring (bicyclic) bond motifs is 1. The number of nitrogens with one attached hydrogen (secondary N) is 1. The van der Waals surface area contributed by atoms with Crippen LogP contribution in [0.25, 0.3) is 10.9 Å². The predicted octanol–water partition coefficient (Wildman–Crippen LogP) is 3.25. The van der Waals surface area contributed by atoms with Crippen LogP contribution in [0.1, 0.15) is 0 Å². The Hall–Kier alpha value is -2.97. The molecule has 0 saturated carbocycles. The number of benzene rings is 2. The molecule has 8 nitrogen and oxygen atoms in total. The first-order valence-corrected chi connectivity index (χ1v) is 8.00. The van der Waals surface area contributed by atoms with Gasteiger partial charge in [-0.3, -0.25) is 24.3 Å². The minimum Gasteiger partial charge on any atom is -0.323 e. The maximum Gasteiger partial charge on any atom is 0.271 e. The van der Waals surface area contributed by atoms with Crippen LogP contribution >= 0.6 is 23.2 Å². The summed E-state index contributed by atoms with van der Waals surface area (Å²) in [6, 6.07) is 8.50. The number of non-ortho nitro benzene ring substituents is 1. The van der Waals surface area contributed by atoms with Crippen LogP contribution in [0.5, 0.6) is 0 Å². The summed E-state index contributed by atoms with van der Waals surface area (Å²) < 4.78 is 1.10. The van der Waals surface area contributed by atoms with E-state index >= 15 is 0 Å². The lowest BCUT2D eigenvalue weighted by Gasteiger charge is -2.10. The van der Waals surface area contributed by atoms with Crippen molar-refractivity contribution in [2.24, 2.45) is 0 Å². The smallest absolute Gasteiger partial charge is 0.271 e. The van der Waals surface area contributed by atoms with Gasteiger partial charge in [-0.15, -0.1) is 0 Å². The Morgan fingerprint density at radius 3 is 2.77 bits per heavy atom. The molecule has 1 N–H and O–H groups in total. The summed E-state index contributed by atoms with van der Waals surface area (Å²) in [7, 11) is 0. The summed E-state index contributed by atoms with van der Waals surface area (Å²) in [5.74, 6) is -0.501. The topological polar surface area (TPSA) is 107 Å². The number of anilines is 1. The number of aromatic nitrogens is 2. The molecular formula is C16H10Cl2N4O4. The van der Waals surface area contributed by atoms with E-state index in [4.69, 9.17) is 23.2 Å². The highest BCUT2D eigenvalue weighted by Crippen LogP contribution is 2.29. The molecule has 0 aliphatic rings. The van der Waals surface area contributed by atoms with Crippen LogP contribution in [-0.4, -0.2) is 20.4 Å². The molecule has 132 valence electrons. The minimum absolute atomic E-state index is 0.171. The number of hydrogen-bond donors (Lipinski definition) is 1. The van der Waals surface area contributed by atoms with Gasteiger partial charge in [-0.25, -0.2) is 4.98 Å². The van der Waals surface area contributed by atoms with E-state index in [0.29, 0.717) is 5.69 Å². The molecule has 0 saturated heterocycles. The van der Waals surface area contributed by atoms with Crippen LogP contribution in [0.15, 0.2) is 47.5 Å². The summed E-state index contributed by atoms with van der Waals surface area (Å²) in [4.78, 5) is 38.9. The summed E-state index contributed by atoms with van der Waals surface area (Å²) in [5.41, 5.74) is -0.159. The Morgan fingerprint density at radius 2 is 2.04 bits per heavy atom. The highest BCUT2D eigenvalue weighted by molar-refractivity contribution is 6.43. The first kappa shape index (κ1) is 17.8. The first-order valence-electron chi connectivity index (χ1n) is 7.24. The number of hydrogen-bond acceptors (Lipinski definition) is 5. The van der Waals surface area contributed by atoms with E-state index in [2.05, 4.69) is 10.3 Å². The van der Waals surface area contributed by atoms with Crippen molar-refractivity contribution in [2.75, 3.05) is 5.32 Å². The minimum atomic E-state index is -0.575. The Labute approximate surface area is 156 Å². The van der Waals surface area contributed by atoms with Gasteiger partial charge in [0.05, 0.1) is 37.9 Å². The molecule has 3 aromatic rings. The molecule has 0 aliphatic carbocycles. The van der Waals surface area contributed by atoms with E-state index in [0.717, 1.165) is 10.9 Å². The third kappa shape index (κ3) is 3.51. The molecule has 1 aromatic heterocycles. The van der Waals surface area contributed by atoms with E-state index in [1.54, 1.807) is 18.2 Å². The van der Waals surface area contributed by atoms with Crippen molar-refractivity contribution in [3.8, 4) is 0 Å². The van der Waals surface area contributed by atoms with Crippen molar-refractivity contribution in [2.45, 2.75) is 6.54 Å². The Kier molecular flexibility index (Phi) is 4.88. The molecule has 0 radical (unpaired) electrons. The van der Waals surface area contributed by atoms with Gasteiger partial charge in [-0.1, -0.05) is 29.3 Å². The number of rotatable bonds is 4. The number of nitro groups is 1. The first-order chi connectivity index (χ1) is 12.4. The molecule has 10 heteroatoms. The molecule has 0 fully saturated rings. The van der Waals surface area contributed by atoms with Gasteiger partial charge in [0.2, 0.25) is 5.91 Å². The largest absolute Gasteiger partial charge is 0.323 e. The fourth-order valence-corrected chi connectivity index (χ4v) is 2.67. The standard InChI is InChI=1S/C16H10Cl2N4O4/c17-11-2-1-3-12(15(11)18)20-14(23)7-21-8-19-13-6-9(22(25)26)4-5-10(13)16(21)24/h1-6,8H,7H2,(H,20,23). The van der Waals surface area contributed by atoms with Crippen molar-refractivity contribution in [3.05, 3.63) is 73.2 Å². The Balaban J connectivity index is 1.86. The maximum absolute atomic E-state index is 12.4. The Bertz CT molecular complexity index is 1100. The molecule has 1 amide bonds. The van der Waals surface area contributed by atoms with Crippen molar-refractivity contribution in [3.63, 3.8) is 0 Å². The lowest BCUT2D eigenvalue weighted by molar-refractivity contribution is -0.384. The number of nitrogens with zero attached hydrogens (tertiary/aromatic N) is 3. The van der Waals surface area contributed by atoms with Gasteiger partial charge in [-0.2, -0.15) is 0 Å². The molecule has 0 unspecified atom stereocenters.